The summed E-state index contributed by atoms with van der Waals surface area (Å²) in [5, 5.41) is 11.8. The van der Waals surface area contributed by atoms with Crippen LogP contribution in [0.3, 0.4) is 0 Å². The number of nitrogens with one attached hydrogen (secondary N) is 1. The molecule has 136 valence electrons. The quantitative estimate of drug-likeness (QED) is 0.760. The van der Waals surface area contributed by atoms with E-state index in [9.17, 15) is 4.79 Å². The van der Waals surface area contributed by atoms with E-state index in [2.05, 4.69) is 25.2 Å². The van der Waals surface area contributed by atoms with E-state index in [0.29, 0.717) is 29.6 Å². The van der Waals surface area contributed by atoms with Gasteiger partial charge in [-0.05, 0) is 49.1 Å². The summed E-state index contributed by atoms with van der Waals surface area (Å²) >= 11 is 0. The zero-order valence-corrected chi connectivity index (χ0v) is 15.4. The van der Waals surface area contributed by atoms with Crippen LogP contribution in [0.4, 0.5) is 5.69 Å². The average molecular weight is 352 g/mol. The smallest absolute Gasteiger partial charge is 0.262 e. The highest BCUT2D eigenvalue weighted by Crippen LogP contribution is 2.28. The van der Waals surface area contributed by atoms with Crippen molar-refractivity contribution in [2.75, 3.05) is 18.5 Å². The van der Waals surface area contributed by atoms with Crippen molar-refractivity contribution in [3.05, 3.63) is 53.6 Å². The van der Waals surface area contributed by atoms with Crippen LogP contribution >= 0.6 is 0 Å². The number of rotatable bonds is 8. The van der Waals surface area contributed by atoms with E-state index in [1.54, 1.807) is 18.2 Å². The maximum Gasteiger partial charge on any atom is 0.262 e. The molecule has 0 bridgehead atoms. The van der Waals surface area contributed by atoms with Crippen LogP contribution in [0.5, 0.6) is 11.5 Å². The lowest BCUT2D eigenvalue weighted by Crippen LogP contribution is -2.20. The maximum absolute atomic E-state index is 12.1. The number of hydrogen-bond donors (Lipinski definition) is 1. The second-order valence-electron chi connectivity index (χ2n) is 5.97. The zero-order valence-electron chi connectivity index (χ0n) is 15.4. The van der Waals surface area contributed by atoms with Crippen LogP contribution in [0.2, 0.25) is 0 Å². The normalized spacial score (nSPS) is 11.3. The molecule has 1 unspecified atom stereocenters. The Morgan fingerprint density at radius 3 is 2.46 bits per heavy atom. The topological polar surface area (TPSA) is 71.3 Å². The van der Waals surface area contributed by atoms with E-state index >= 15 is 0 Å². The van der Waals surface area contributed by atoms with Gasteiger partial charge < -0.3 is 14.8 Å². The number of benzene rings is 2. The number of ether oxygens (including phenoxy) is 2. The van der Waals surface area contributed by atoms with Crippen LogP contribution in [-0.4, -0.2) is 19.1 Å². The third-order valence-electron chi connectivity index (χ3n) is 4.11. The molecule has 2 aromatic carbocycles. The predicted molar refractivity (Wildman–Crippen MR) is 102 cm³/mol. The molecule has 1 N–H and O–H groups in total. The molecule has 2 rings (SSSR count). The number of hydrogen-bond acceptors (Lipinski definition) is 4. The van der Waals surface area contributed by atoms with Crippen molar-refractivity contribution in [3.8, 4) is 17.6 Å². The van der Waals surface area contributed by atoms with Gasteiger partial charge in [-0.1, -0.05) is 26.0 Å². The Kier molecular flexibility index (Phi) is 7.04. The van der Waals surface area contributed by atoms with Crippen molar-refractivity contribution in [1.82, 2.24) is 0 Å². The lowest BCUT2D eigenvalue weighted by Gasteiger charge is -2.13. The lowest BCUT2D eigenvalue weighted by atomic mass is 9.99. The van der Waals surface area contributed by atoms with Gasteiger partial charge in [0.15, 0.2) is 18.1 Å². The van der Waals surface area contributed by atoms with E-state index in [0.717, 1.165) is 12.1 Å². The van der Waals surface area contributed by atoms with Gasteiger partial charge in [0.1, 0.15) is 0 Å². The summed E-state index contributed by atoms with van der Waals surface area (Å²) in [6.45, 7) is 6.48. The van der Waals surface area contributed by atoms with Gasteiger partial charge in [-0.25, -0.2) is 0 Å². The summed E-state index contributed by atoms with van der Waals surface area (Å²) < 4.78 is 11.0. The van der Waals surface area contributed by atoms with E-state index < -0.39 is 0 Å². The van der Waals surface area contributed by atoms with Crippen molar-refractivity contribution in [2.24, 2.45) is 0 Å². The summed E-state index contributed by atoms with van der Waals surface area (Å²) in [6, 6.07) is 14.8. The number of carbonyl (C=O) groups is 1. The first-order valence-corrected chi connectivity index (χ1v) is 8.76. The van der Waals surface area contributed by atoms with Crippen molar-refractivity contribution >= 4 is 11.6 Å². The Morgan fingerprint density at radius 2 is 1.85 bits per heavy atom. The van der Waals surface area contributed by atoms with Crippen LogP contribution in [0.15, 0.2) is 42.5 Å². The summed E-state index contributed by atoms with van der Waals surface area (Å²) in [7, 11) is 0. The van der Waals surface area contributed by atoms with Crippen molar-refractivity contribution in [2.45, 2.75) is 33.1 Å². The predicted octanol–water partition coefficient (Wildman–Crippen LogP) is 4.49. The second-order valence-corrected chi connectivity index (χ2v) is 5.97. The number of amides is 1. The van der Waals surface area contributed by atoms with E-state index in [1.165, 1.54) is 5.56 Å². The molecular formula is C21H24N2O3. The molecule has 26 heavy (non-hydrogen) atoms. The molecule has 5 nitrogen and oxygen atoms in total. The fourth-order valence-electron chi connectivity index (χ4n) is 2.44. The van der Waals surface area contributed by atoms with Crippen LogP contribution in [-0.2, 0) is 4.79 Å². The van der Waals surface area contributed by atoms with Crippen LogP contribution < -0.4 is 14.8 Å². The maximum atomic E-state index is 12.1. The van der Waals surface area contributed by atoms with E-state index in [4.69, 9.17) is 14.7 Å². The SMILES string of the molecule is CCOc1cc(C#N)ccc1OCC(=O)Nc1ccc(C(C)CC)cc1. The molecule has 0 aliphatic carbocycles. The minimum atomic E-state index is -0.256. The summed E-state index contributed by atoms with van der Waals surface area (Å²) in [4.78, 5) is 12.1. The van der Waals surface area contributed by atoms with Crippen LogP contribution in [0, 0.1) is 11.3 Å². The molecule has 5 heteroatoms. The average Bonchev–Trinajstić information content (AvgIpc) is 2.67. The molecule has 0 saturated heterocycles. The molecule has 0 aliphatic rings. The Morgan fingerprint density at radius 1 is 1.12 bits per heavy atom. The van der Waals surface area contributed by atoms with Crippen LogP contribution in [0.1, 0.15) is 44.2 Å². The van der Waals surface area contributed by atoms with Gasteiger partial charge in [-0.15, -0.1) is 0 Å². The monoisotopic (exact) mass is 352 g/mol. The molecule has 1 atom stereocenters. The second kappa shape index (κ2) is 9.47. The minimum Gasteiger partial charge on any atom is -0.490 e. The van der Waals surface area contributed by atoms with E-state index in [-0.39, 0.29) is 12.5 Å². The fourth-order valence-corrected chi connectivity index (χ4v) is 2.44. The van der Waals surface area contributed by atoms with Crippen molar-refractivity contribution in [1.29, 1.82) is 5.26 Å². The van der Waals surface area contributed by atoms with Gasteiger partial charge in [0.25, 0.3) is 5.91 Å². The molecule has 1 amide bonds. The van der Waals surface area contributed by atoms with Gasteiger partial charge in [0, 0.05) is 11.8 Å². The van der Waals surface area contributed by atoms with Gasteiger partial charge in [-0.2, -0.15) is 5.26 Å². The fraction of sp³-hybridized carbons (Fsp3) is 0.333. The number of carbonyl (C=O) groups excluding carboxylic acids is 1. The van der Waals surface area contributed by atoms with Crippen molar-refractivity contribution < 1.29 is 14.3 Å². The molecule has 0 heterocycles. The zero-order chi connectivity index (χ0) is 18.9. The third-order valence-corrected chi connectivity index (χ3v) is 4.11. The highest BCUT2D eigenvalue weighted by molar-refractivity contribution is 5.91. The lowest BCUT2D eigenvalue weighted by molar-refractivity contribution is -0.118. The van der Waals surface area contributed by atoms with E-state index in [1.807, 2.05) is 31.2 Å². The molecule has 0 spiro atoms. The third kappa shape index (κ3) is 5.25. The van der Waals surface area contributed by atoms with Crippen molar-refractivity contribution in [3.63, 3.8) is 0 Å². The Bertz CT molecular complexity index is 779. The largest absolute Gasteiger partial charge is 0.490 e. The van der Waals surface area contributed by atoms with Gasteiger partial charge in [0.05, 0.1) is 18.2 Å². The first-order chi connectivity index (χ1) is 12.6. The molecule has 0 aromatic heterocycles. The molecule has 0 aliphatic heterocycles. The molecular weight excluding hydrogens is 328 g/mol. The standard InChI is InChI=1S/C21H24N2O3/c1-4-15(3)17-7-9-18(10-8-17)23-21(24)14-26-19-11-6-16(13-22)12-20(19)25-5-2/h6-12,15H,4-5,14H2,1-3H3,(H,23,24). The Balaban J connectivity index is 1.95. The summed E-state index contributed by atoms with van der Waals surface area (Å²) in [5.41, 5.74) is 2.46. The Hall–Kier alpha value is -3.00. The number of anilines is 1. The highest BCUT2D eigenvalue weighted by Gasteiger charge is 2.10. The highest BCUT2D eigenvalue weighted by atomic mass is 16.5. The first-order valence-electron chi connectivity index (χ1n) is 8.76. The number of nitriles is 1. The van der Waals surface area contributed by atoms with Crippen LogP contribution in [0.25, 0.3) is 0 Å². The van der Waals surface area contributed by atoms with Gasteiger partial charge in [-0.3, -0.25) is 4.79 Å². The van der Waals surface area contributed by atoms with Gasteiger partial charge >= 0.3 is 0 Å². The molecule has 0 saturated carbocycles. The summed E-state index contributed by atoms with van der Waals surface area (Å²) in [6.07, 6.45) is 1.08. The minimum absolute atomic E-state index is 0.140. The molecule has 2 aromatic rings. The Labute approximate surface area is 154 Å². The summed E-state index contributed by atoms with van der Waals surface area (Å²) in [5.74, 6) is 1.13. The molecule has 0 fully saturated rings. The van der Waals surface area contributed by atoms with Gasteiger partial charge in [0.2, 0.25) is 0 Å². The first kappa shape index (κ1) is 19.3. The number of nitrogens with zero attached hydrogens (tertiary/aromatic N) is 1. The molecule has 0 radical (unpaired) electrons.